The van der Waals surface area contributed by atoms with Crippen molar-refractivity contribution in [1.29, 1.82) is 0 Å². The molecule has 10 heteroatoms. The van der Waals surface area contributed by atoms with Crippen molar-refractivity contribution < 1.29 is 23.5 Å². The molecule has 1 atom stereocenters. The summed E-state index contributed by atoms with van der Waals surface area (Å²) < 4.78 is 18.4. The highest BCUT2D eigenvalue weighted by molar-refractivity contribution is 5.89. The van der Waals surface area contributed by atoms with Crippen LogP contribution in [0.15, 0.2) is 59.0 Å². The van der Waals surface area contributed by atoms with Gasteiger partial charge < -0.3 is 24.1 Å². The Kier molecular flexibility index (Phi) is 8.86. The molecular weight excluding hydrogens is 522 g/mol. The summed E-state index contributed by atoms with van der Waals surface area (Å²) in [4.78, 5) is 29.6. The molecular formula is C31H37N5O5. The fraction of sp³-hybridized carbons (Fsp3) is 0.419. The van der Waals surface area contributed by atoms with Gasteiger partial charge in [-0.3, -0.25) is 9.59 Å². The van der Waals surface area contributed by atoms with E-state index in [1.54, 1.807) is 29.9 Å². The molecule has 216 valence electrons. The van der Waals surface area contributed by atoms with Gasteiger partial charge in [-0.1, -0.05) is 42.7 Å². The third-order valence-electron chi connectivity index (χ3n) is 7.66. The Balaban J connectivity index is 1.47. The number of aryl methyl sites for hydroxylation is 1. The number of hydrogen-bond donors (Lipinski definition) is 1. The number of nitrogens with one attached hydrogen (secondary N) is 1. The van der Waals surface area contributed by atoms with Gasteiger partial charge in [0.2, 0.25) is 5.91 Å². The standard InChI is InChI=1S/C31H37N5O5/c1-21-13-15-27(41-21)30(31(38)32-23-9-5-4-6-10-23)35(18-17-22-14-16-26(39-2)28(19-22)40-3)29(37)20-36-25-12-8-7-11-24(25)33-34-36/h7-8,11-16,19,23,30H,4-6,9-10,17-18,20H2,1-3H3,(H,32,38)/t30-/m0/s1. The number of ether oxygens (including phenoxy) is 2. The Labute approximate surface area is 239 Å². The van der Waals surface area contributed by atoms with E-state index >= 15 is 0 Å². The molecule has 0 saturated heterocycles. The first-order chi connectivity index (χ1) is 20.0. The summed E-state index contributed by atoms with van der Waals surface area (Å²) in [6.45, 7) is 2.03. The molecule has 0 aliphatic heterocycles. The van der Waals surface area contributed by atoms with Crippen LogP contribution in [0.4, 0.5) is 0 Å². The second-order valence-electron chi connectivity index (χ2n) is 10.5. The Morgan fingerprint density at radius 2 is 1.83 bits per heavy atom. The zero-order valence-electron chi connectivity index (χ0n) is 23.8. The van der Waals surface area contributed by atoms with E-state index in [-0.39, 0.29) is 30.9 Å². The number of rotatable bonds is 11. The van der Waals surface area contributed by atoms with Crippen molar-refractivity contribution in [2.75, 3.05) is 20.8 Å². The molecule has 10 nitrogen and oxygen atoms in total. The molecule has 1 fully saturated rings. The number of nitrogens with zero attached hydrogens (tertiary/aromatic N) is 4. The molecule has 0 spiro atoms. The third-order valence-corrected chi connectivity index (χ3v) is 7.66. The lowest BCUT2D eigenvalue weighted by atomic mass is 9.95. The highest BCUT2D eigenvalue weighted by Crippen LogP contribution is 2.30. The van der Waals surface area contributed by atoms with Gasteiger partial charge in [-0.15, -0.1) is 5.10 Å². The van der Waals surface area contributed by atoms with Gasteiger partial charge in [0.25, 0.3) is 5.91 Å². The van der Waals surface area contributed by atoms with Gasteiger partial charge in [0.05, 0.1) is 19.7 Å². The van der Waals surface area contributed by atoms with Gasteiger partial charge in [0.1, 0.15) is 23.6 Å². The molecule has 5 rings (SSSR count). The Morgan fingerprint density at radius 3 is 2.56 bits per heavy atom. The molecule has 0 radical (unpaired) electrons. The van der Waals surface area contributed by atoms with Gasteiger partial charge in [0, 0.05) is 12.6 Å². The summed E-state index contributed by atoms with van der Waals surface area (Å²) in [5.74, 6) is 1.82. The smallest absolute Gasteiger partial charge is 0.250 e. The summed E-state index contributed by atoms with van der Waals surface area (Å²) in [7, 11) is 3.18. The zero-order valence-corrected chi connectivity index (χ0v) is 23.8. The normalized spacial score (nSPS) is 14.5. The van der Waals surface area contributed by atoms with E-state index in [1.165, 1.54) is 6.42 Å². The van der Waals surface area contributed by atoms with E-state index < -0.39 is 6.04 Å². The number of aromatic nitrogens is 3. The van der Waals surface area contributed by atoms with Gasteiger partial charge >= 0.3 is 0 Å². The fourth-order valence-electron chi connectivity index (χ4n) is 5.49. The van der Waals surface area contributed by atoms with Crippen molar-refractivity contribution in [2.24, 2.45) is 0 Å². The predicted octanol–water partition coefficient (Wildman–Crippen LogP) is 4.61. The highest BCUT2D eigenvalue weighted by atomic mass is 16.5. The van der Waals surface area contributed by atoms with Crippen LogP contribution < -0.4 is 14.8 Å². The number of furan rings is 1. The Bertz CT molecular complexity index is 1490. The maximum absolute atomic E-state index is 14.1. The Morgan fingerprint density at radius 1 is 1.05 bits per heavy atom. The fourth-order valence-corrected chi connectivity index (χ4v) is 5.49. The number of amides is 2. The first-order valence-corrected chi connectivity index (χ1v) is 14.1. The van der Waals surface area contributed by atoms with E-state index in [9.17, 15) is 9.59 Å². The van der Waals surface area contributed by atoms with Crippen LogP contribution in [-0.4, -0.2) is 58.5 Å². The van der Waals surface area contributed by atoms with Crippen LogP contribution in [0.3, 0.4) is 0 Å². The minimum Gasteiger partial charge on any atom is -0.493 e. The molecule has 2 amide bonds. The average molecular weight is 560 g/mol. The van der Waals surface area contributed by atoms with Crippen LogP contribution in [0.2, 0.25) is 0 Å². The molecule has 0 unspecified atom stereocenters. The summed E-state index contributed by atoms with van der Waals surface area (Å²) in [6.07, 6.45) is 5.68. The van der Waals surface area contributed by atoms with Crippen LogP contribution in [0, 0.1) is 6.92 Å². The lowest BCUT2D eigenvalue weighted by Gasteiger charge is -2.32. The summed E-state index contributed by atoms with van der Waals surface area (Å²) >= 11 is 0. The van der Waals surface area contributed by atoms with Crippen LogP contribution in [0.5, 0.6) is 11.5 Å². The number of benzene rings is 2. The lowest BCUT2D eigenvalue weighted by Crippen LogP contribution is -2.48. The number of para-hydroxylation sites is 1. The SMILES string of the molecule is COc1ccc(CCN(C(=O)Cn2nnc3ccccc32)[C@H](C(=O)NC2CCCCC2)c2ccc(C)o2)cc1OC. The quantitative estimate of drug-likeness (QED) is 0.286. The number of fused-ring (bicyclic) bond motifs is 1. The molecule has 1 N–H and O–H groups in total. The molecule has 2 heterocycles. The summed E-state index contributed by atoms with van der Waals surface area (Å²) in [5.41, 5.74) is 2.39. The maximum atomic E-state index is 14.1. The van der Waals surface area contributed by atoms with Crippen molar-refractivity contribution in [3.05, 3.63) is 71.7 Å². The minimum absolute atomic E-state index is 0.0701. The molecule has 0 bridgehead atoms. The number of methoxy groups -OCH3 is 2. The van der Waals surface area contributed by atoms with Gasteiger partial charge in [-0.2, -0.15) is 0 Å². The van der Waals surface area contributed by atoms with Crippen LogP contribution in [0.25, 0.3) is 11.0 Å². The van der Waals surface area contributed by atoms with Crippen molar-refractivity contribution in [1.82, 2.24) is 25.2 Å². The molecule has 2 aromatic carbocycles. The second kappa shape index (κ2) is 12.9. The van der Waals surface area contributed by atoms with Gasteiger partial charge in [-0.05, 0) is 68.1 Å². The third kappa shape index (κ3) is 6.53. The molecule has 1 aliphatic carbocycles. The second-order valence-corrected chi connectivity index (χ2v) is 10.5. The molecule has 1 aliphatic rings. The predicted molar refractivity (Wildman–Crippen MR) is 154 cm³/mol. The number of hydrogen-bond acceptors (Lipinski definition) is 7. The Hall–Kier alpha value is -4.34. The first-order valence-electron chi connectivity index (χ1n) is 14.1. The highest BCUT2D eigenvalue weighted by Gasteiger charge is 2.35. The summed E-state index contributed by atoms with van der Waals surface area (Å²) in [5, 5.41) is 11.6. The topological polar surface area (TPSA) is 112 Å². The van der Waals surface area contributed by atoms with Crippen molar-refractivity contribution in [3.63, 3.8) is 0 Å². The minimum atomic E-state index is -0.937. The monoisotopic (exact) mass is 559 g/mol. The maximum Gasteiger partial charge on any atom is 0.250 e. The first kappa shape index (κ1) is 28.2. The van der Waals surface area contributed by atoms with E-state index in [1.807, 2.05) is 55.5 Å². The van der Waals surface area contributed by atoms with Crippen LogP contribution >= 0.6 is 0 Å². The number of carbonyl (C=O) groups excluding carboxylic acids is 2. The van der Waals surface area contributed by atoms with E-state index in [0.717, 1.165) is 36.8 Å². The summed E-state index contributed by atoms with van der Waals surface area (Å²) in [6, 6.07) is 15.9. The van der Waals surface area contributed by atoms with Crippen LogP contribution in [0.1, 0.15) is 55.2 Å². The van der Waals surface area contributed by atoms with Crippen molar-refractivity contribution in [2.45, 2.75) is 64.1 Å². The zero-order chi connectivity index (χ0) is 28.8. The lowest BCUT2D eigenvalue weighted by molar-refractivity contribution is -0.142. The molecule has 1 saturated carbocycles. The largest absolute Gasteiger partial charge is 0.493 e. The van der Waals surface area contributed by atoms with Gasteiger partial charge in [0.15, 0.2) is 17.5 Å². The number of carbonyl (C=O) groups is 2. The average Bonchev–Trinajstić information content (AvgIpc) is 3.61. The molecule has 41 heavy (non-hydrogen) atoms. The van der Waals surface area contributed by atoms with E-state index in [2.05, 4.69) is 15.6 Å². The van der Waals surface area contributed by atoms with E-state index in [4.69, 9.17) is 13.9 Å². The van der Waals surface area contributed by atoms with Crippen molar-refractivity contribution in [3.8, 4) is 11.5 Å². The van der Waals surface area contributed by atoms with Crippen molar-refractivity contribution >= 4 is 22.8 Å². The molecule has 4 aromatic rings. The molecule has 2 aromatic heterocycles. The van der Waals surface area contributed by atoms with E-state index in [0.29, 0.717) is 35.0 Å². The van der Waals surface area contributed by atoms with Gasteiger partial charge in [-0.25, -0.2) is 4.68 Å². The van der Waals surface area contributed by atoms with Crippen LogP contribution in [-0.2, 0) is 22.6 Å².